The Morgan fingerprint density at radius 2 is 1.71 bits per heavy atom. The van der Waals surface area contributed by atoms with Crippen molar-refractivity contribution in [3.63, 3.8) is 0 Å². The number of hydrogen-bond donors (Lipinski definition) is 2. The van der Waals surface area contributed by atoms with Crippen LogP contribution in [-0.2, 0) is 11.2 Å². The highest BCUT2D eigenvalue weighted by Crippen LogP contribution is 2.38. The van der Waals surface area contributed by atoms with Gasteiger partial charge in [-0.1, -0.05) is 45.4 Å². The second-order valence-electron chi connectivity index (χ2n) is 7.20. The summed E-state index contributed by atoms with van der Waals surface area (Å²) in [5.41, 5.74) is 1.12. The van der Waals surface area contributed by atoms with Gasteiger partial charge in [-0.25, -0.2) is 13.6 Å². The van der Waals surface area contributed by atoms with Crippen LogP contribution in [0.25, 0.3) is 0 Å². The van der Waals surface area contributed by atoms with Crippen LogP contribution in [-0.4, -0.2) is 22.8 Å². The maximum atomic E-state index is 15.0. The second-order valence-corrected chi connectivity index (χ2v) is 7.61. The summed E-state index contributed by atoms with van der Waals surface area (Å²) in [6.07, 6.45) is 0.0221. The minimum atomic E-state index is -1.24. The molecule has 7 heteroatoms. The molecule has 0 saturated carbocycles. The van der Waals surface area contributed by atoms with Crippen molar-refractivity contribution in [3.8, 4) is 11.5 Å². The summed E-state index contributed by atoms with van der Waals surface area (Å²) in [4.78, 5) is 10.7. The summed E-state index contributed by atoms with van der Waals surface area (Å²) in [6.45, 7) is 6.34. The lowest BCUT2D eigenvalue weighted by Crippen LogP contribution is -2.12. The number of phenols is 1. The first-order valence-electron chi connectivity index (χ1n) is 8.90. The van der Waals surface area contributed by atoms with Crippen molar-refractivity contribution in [2.75, 3.05) is 6.61 Å². The number of phenolic OH excluding ortho intramolecular Hbond substituents is 1. The summed E-state index contributed by atoms with van der Waals surface area (Å²) >= 11 is 6.34. The van der Waals surface area contributed by atoms with E-state index in [1.807, 2.05) is 0 Å². The number of ether oxygens (including phenoxy) is 1. The van der Waals surface area contributed by atoms with Gasteiger partial charge in [-0.05, 0) is 34.6 Å². The normalized spacial score (nSPS) is 11.3. The Bertz CT molecular complexity index is 895. The van der Waals surface area contributed by atoms with Gasteiger partial charge in [-0.15, -0.1) is 0 Å². The van der Waals surface area contributed by atoms with Crippen LogP contribution in [0.3, 0.4) is 0 Å². The Hall–Kier alpha value is -2.34. The quantitative estimate of drug-likeness (QED) is 0.619. The van der Waals surface area contributed by atoms with Gasteiger partial charge in [0.05, 0.1) is 0 Å². The molecule has 152 valence electrons. The average Bonchev–Trinajstić information content (AvgIpc) is 2.58. The maximum Gasteiger partial charge on any atom is 0.341 e. The van der Waals surface area contributed by atoms with E-state index in [-0.39, 0.29) is 51.5 Å². The van der Waals surface area contributed by atoms with Crippen LogP contribution < -0.4 is 4.74 Å². The highest BCUT2D eigenvalue weighted by atomic mass is 35.5. The summed E-state index contributed by atoms with van der Waals surface area (Å²) in [7, 11) is 0. The Labute approximate surface area is 167 Å². The highest BCUT2D eigenvalue weighted by Gasteiger charge is 2.24. The predicted octanol–water partition coefficient (Wildman–Crippen LogP) is 5.62. The van der Waals surface area contributed by atoms with Crippen molar-refractivity contribution >= 4 is 17.6 Å². The average molecular weight is 413 g/mol. The molecule has 0 heterocycles. The largest absolute Gasteiger partial charge is 0.508 e. The SMILES string of the molecule is CC(C)c1c(O)ccc(Cc2c(Cl)cc(OCC(=O)O)c(F)c2C(C)C)c1F. The smallest absolute Gasteiger partial charge is 0.341 e. The topological polar surface area (TPSA) is 66.8 Å². The van der Waals surface area contributed by atoms with Gasteiger partial charge in [0.1, 0.15) is 11.6 Å². The fourth-order valence-electron chi connectivity index (χ4n) is 3.19. The third-order valence-corrected chi connectivity index (χ3v) is 4.77. The van der Waals surface area contributed by atoms with Gasteiger partial charge in [-0.3, -0.25) is 0 Å². The van der Waals surface area contributed by atoms with Gasteiger partial charge in [0.25, 0.3) is 0 Å². The van der Waals surface area contributed by atoms with Crippen LogP contribution in [0.15, 0.2) is 18.2 Å². The first kappa shape index (κ1) is 22.0. The van der Waals surface area contributed by atoms with E-state index in [2.05, 4.69) is 0 Å². The van der Waals surface area contributed by atoms with Crippen LogP contribution in [0, 0.1) is 11.6 Å². The standard InChI is InChI=1S/C21H23ClF2O4/c1-10(2)18-13(14(22)8-16(21(18)24)28-9-17(26)27)7-12-5-6-15(25)19(11(3)4)20(12)23/h5-6,8,10-11,25H,7,9H2,1-4H3,(H,26,27). The molecule has 0 amide bonds. The highest BCUT2D eigenvalue weighted by molar-refractivity contribution is 6.31. The predicted molar refractivity (Wildman–Crippen MR) is 104 cm³/mol. The van der Waals surface area contributed by atoms with Crippen molar-refractivity contribution in [1.29, 1.82) is 0 Å². The van der Waals surface area contributed by atoms with Crippen LogP contribution in [0.2, 0.25) is 5.02 Å². The zero-order valence-corrected chi connectivity index (χ0v) is 16.9. The molecule has 4 nitrogen and oxygen atoms in total. The van der Waals surface area contributed by atoms with Gasteiger partial charge in [0, 0.05) is 23.1 Å². The van der Waals surface area contributed by atoms with Crippen LogP contribution in [0.5, 0.6) is 11.5 Å². The van der Waals surface area contributed by atoms with E-state index in [1.165, 1.54) is 18.2 Å². The number of rotatable bonds is 7. The van der Waals surface area contributed by atoms with Crippen molar-refractivity contribution in [2.45, 2.75) is 46.0 Å². The number of benzene rings is 2. The fraction of sp³-hybridized carbons (Fsp3) is 0.381. The first-order valence-corrected chi connectivity index (χ1v) is 9.27. The summed E-state index contributed by atoms with van der Waals surface area (Å²) in [5, 5.41) is 18.8. The minimum absolute atomic E-state index is 0.0221. The number of carbonyl (C=O) groups is 1. The number of carboxylic acids is 1. The lowest BCUT2D eigenvalue weighted by Gasteiger charge is -2.20. The van der Waals surface area contributed by atoms with Crippen molar-refractivity contribution in [2.24, 2.45) is 0 Å². The molecule has 0 aromatic heterocycles. The molecule has 2 N–H and O–H groups in total. The van der Waals surface area contributed by atoms with Gasteiger partial charge in [-0.2, -0.15) is 0 Å². The van der Waals surface area contributed by atoms with E-state index < -0.39 is 24.2 Å². The number of hydrogen-bond acceptors (Lipinski definition) is 3. The summed E-state index contributed by atoms with van der Waals surface area (Å²) in [6, 6.07) is 4.07. The first-order chi connectivity index (χ1) is 13.0. The Balaban J connectivity index is 2.56. The molecule has 0 bridgehead atoms. The number of aliphatic carboxylic acids is 1. The molecule has 0 spiro atoms. The minimum Gasteiger partial charge on any atom is -0.508 e. The van der Waals surface area contributed by atoms with Crippen molar-refractivity contribution in [3.05, 3.63) is 57.1 Å². The van der Waals surface area contributed by atoms with E-state index in [0.717, 1.165) is 0 Å². The third kappa shape index (κ3) is 4.55. The fourth-order valence-corrected chi connectivity index (χ4v) is 3.46. The molecule has 0 aliphatic heterocycles. The molecule has 2 aromatic carbocycles. The molecule has 0 aliphatic rings. The second kappa shape index (κ2) is 8.78. The van der Waals surface area contributed by atoms with Crippen LogP contribution in [0.1, 0.15) is 61.8 Å². The van der Waals surface area contributed by atoms with Gasteiger partial charge >= 0.3 is 5.97 Å². The zero-order valence-electron chi connectivity index (χ0n) is 16.1. The van der Waals surface area contributed by atoms with Gasteiger partial charge in [0.2, 0.25) is 0 Å². The Morgan fingerprint density at radius 3 is 2.25 bits per heavy atom. The lowest BCUT2D eigenvalue weighted by molar-refractivity contribution is -0.139. The van der Waals surface area contributed by atoms with E-state index in [4.69, 9.17) is 21.4 Å². The van der Waals surface area contributed by atoms with Crippen molar-refractivity contribution in [1.82, 2.24) is 0 Å². The van der Waals surface area contributed by atoms with Gasteiger partial charge in [0.15, 0.2) is 18.2 Å². The van der Waals surface area contributed by atoms with Crippen LogP contribution >= 0.6 is 11.6 Å². The molecule has 0 saturated heterocycles. The molecule has 0 unspecified atom stereocenters. The van der Waals surface area contributed by atoms with E-state index in [9.17, 15) is 18.7 Å². The molecule has 2 aromatic rings. The van der Waals surface area contributed by atoms with Gasteiger partial charge < -0.3 is 14.9 Å². The molecule has 0 fully saturated rings. The molecule has 0 aliphatic carbocycles. The van der Waals surface area contributed by atoms with E-state index in [1.54, 1.807) is 27.7 Å². The Morgan fingerprint density at radius 1 is 1.11 bits per heavy atom. The molecule has 28 heavy (non-hydrogen) atoms. The monoisotopic (exact) mass is 412 g/mol. The number of carboxylic acid groups (broad SMARTS) is 1. The molecular formula is C21H23ClF2O4. The number of aromatic hydroxyl groups is 1. The molecule has 2 rings (SSSR count). The number of halogens is 3. The molecule has 0 radical (unpaired) electrons. The Kier molecular flexibility index (Phi) is 6.88. The van der Waals surface area contributed by atoms with Crippen molar-refractivity contribution < 1.29 is 28.5 Å². The maximum absolute atomic E-state index is 15.0. The third-order valence-electron chi connectivity index (χ3n) is 4.43. The lowest BCUT2D eigenvalue weighted by atomic mass is 9.90. The summed E-state index contributed by atoms with van der Waals surface area (Å²) < 4.78 is 34.9. The zero-order chi connectivity index (χ0) is 21.2. The van der Waals surface area contributed by atoms with Crippen LogP contribution in [0.4, 0.5) is 8.78 Å². The van der Waals surface area contributed by atoms with E-state index in [0.29, 0.717) is 5.56 Å². The molecule has 0 atom stereocenters. The summed E-state index contributed by atoms with van der Waals surface area (Å²) in [5.74, 6) is -3.41. The molecular weight excluding hydrogens is 390 g/mol. The van der Waals surface area contributed by atoms with E-state index >= 15 is 0 Å².